The molecule has 0 aliphatic heterocycles. The highest BCUT2D eigenvalue weighted by Gasteiger charge is 2.01. The van der Waals surface area contributed by atoms with Crippen LogP contribution in [0.25, 0.3) is 0 Å². The van der Waals surface area contributed by atoms with E-state index in [0.717, 1.165) is 15.1 Å². The van der Waals surface area contributed by atoms with E-state index in [0.29, 0.717) is 0 Å². The van der Waals surface area contributed by atoms with E-state index in [1.807, 2.05) is 12.3 Å². The van der Waals surface area contributed by atoms with Crippen LogP contribution in [0, 0.1) is 0 Å². The third kappa shape index (κ3) is 2.18. The second kappa shape index (κ2) is 4.09. The Morgan fingerprint density at radius 1 is 1.73 bits per heavy atom. The van der Waals surface area contributed by atoms with Crippen LogP contribution in [0.3, 0.4) is 0 Å². The normalized spacial score (nSPS) is 10.1. The van der Waals surface area contributed by atoms with Gasteiger partial charge in [0.25, 0.3) is 0 Å². The van der Waals surface area contributed by atoms with Crippen LogP contribution in [-0.2, 0) is 6.61 Å². The fraction of sp³-hybridized carbons (Fsp3) is 0.286. The molecule has 4 heteroatoms. The first-order valence-corrected chi connectivity index (χ1v) is 5.09. The van der Waals surface area contributed by atoms with E-state index in [9.17, 15) is 0 Å². The van der Waals surface area contributed by atoms with E-state index in [4.69, 9.17) is 5.11 Å². The molecule has 0 atom stereocenters. The quantitative estimate of drug-likeness (QED) is 0.795. The Morgan fingerprint density at radius 3 is 3.00 bits per heavy atom. The SMILES string of the molecule is CSc1cc(Br)cnc1CO. The van der Waals surface area contributed by atoms with Gasteiger partial charge >= 0.3 is 0 Å². The topological polar surface area (TPSA) is 33.1 Å². The van der Waals surface area contributed by atoms with Gasteiger partial charge in [-0.2, -0.15) is 0 Å². The summed E-state index contributed by atoms with van der Waals surface area (Å²) in [5.41, 5.74) is 0.737. The minimum absolute atomic E-state index is 0.00343. The predicted octanol–water partition coefficient (Wildman–Crippen LogP) is 2.06. The van der Waals surface area contributed by atoms with Crippen molar-refractivity contribution in [2.24, 2.45) is 0 Å². The molecule has 2 nitrogen and oxygen atoms in total. The summed E-state index contributed by atoms with van der Waals surface area (Å²) >= 11 is 4.89. The molecule has 1 aromatic heterocycles. The molecule has 60 valence electrons. The Kier molecular flexibility index (Phi) is 3.36. The first-order chi connectivity index (χ1) is 5.27. The number of hydrogen-bond donors (Lipinski definition) is 1. The summed E-state index contributed by atoms with van der Waals surface area (Å²) in [4.78, 5) is 5.07. The summed E-state index contributed by atoms with van der Waals surface area (Å²) < 4.78 is 0.944. The number of pyridine rings is 1. The molecule has 0 radical (unpaired) electrons. The van der Waals surface area contributed by atoms with Gasteiger partial charge in [0.05, 0.1) is 12.3 Å². The van der Waals surface area contributed by atoms with Gasteiger partial charge in [-0.25, -0.2) is 0 Å². The van der Waals surface area contributed by atoms with E-state index in [1.165, 1.54) is 0 Å². The van der Waals surface area contributed by atoms with Gasteiger partial charge in [0.2, 0.25) is 0 Å². The monoisotopic (exact) mass is 233 g/mol. The van der Waals surface area contributed by atoms with E-state index < -0.39 is 0 Å². The van der Waals surface area contributed by atoms with Crippen LogP contribution < -0.4 is 0 Å². The number of thioether (sulfide) groups is 1. The van der Waals surface area contributed by atoms with Crippen molar-refractivity contribution in [1.82, 2.24) is 4.98 Å². The Bertz CT molecular complexity index is 254. The van der Waals surface area contributed by atoms with Crippen LogP contribution in [0.1, 0.15) is 5.69 Å². The number of nitrogens with zero attached hydrogens (tertiary/aromatic N) is 1. The molecule has 0 bridgehead atoms. The van der Waals surface area contributed by atoms with Crippen molar-refractivity contribution >= 4 is 27.7 Å². The lowest BCUT2D eigenvalue weighted by Gasteiger charge is -2.02. The third-order valence-electron chi connectivity index (χ3n) is 1.27. The maximum Gasteiger partial charge on any atom is 0.0864 e. The smallest absolute Gasteiger partial charge is 0.0864 e. The van der Waals surface area contributed by atoms with Gasteiger partial charge in [0.1, 0.15) is 0 Å². The summed E-state index contributed by atoms with van der Waals surface area (Å²) in [5, 5.41) is 8.85. The van der Waals surface area contributed by atoms with Gasteiger partial charge in [-0.15, -0.1) is 11.8 Å². The molecule has 0 amide bonds. The van der Waals surface area contributed by atoms with Crippen molar-refractivity contribution in [2.45, 2.75) is 11.5 Å². The van der Waals surface area contributed by atoms with Gasteiger partial charge in [0, 0.05) is 15.6 Å². The lowest BCUT2D eigenvalue weighted by atomic mass is 10.4. The number of hydrogen-bond acceptors (Lipinski definition) is 3. The zero-order chi connectivity index (χ0) is 8.27. The molecule has 0 spiro atoms. The van der Waals surface area contributed by atoms with Gasteiger partial charge in [0.15, 0.2) is 0 Å². The minimum atomic E-state index is 0.00343. The Balaban J connectivity index is 3.06. The van der Waals surface area contributed by atoms with Crippen LogP contribution in [0.4, 0.5) is 0 Å². The molecule has 0 saturated carbocycles. The molecular formula is C7H8BrNOS. The maximum absolute atomic E-state index is 8.85. The standard InChI is InChI=1S/C7H8BrNOS/c1-11-7-2-5(8)3-9-6(7)4-10/h2-3,10H,4H2,1H3. The molecule has 11 heavy (non-hydrogen) atoms. The average molecular weight is 234 g/mol. The van der Waals surface area contributed by atoms with Crippen molar-refractivity contribution < 1.29 is 5.11 Å². The van der Waals surface area contributed by atoms with E-state index >= 15 is 0 Å². The number of aliphatic hydroxyl groups excluding tert-OH is 1. The molecule has 0 unspecified atom stereocenters. The van der Waals surface area contributed by atoms with Gasteiger partial charge < -0.3 is 5.11 Å². The zero-order valence-corrected chi connectivity index (χ0v) is 8.44. The first kappa shape index (κ1) is 9.03. The van der Waals surface area contributed by atoms with Gasteiger partial charge in [-0.1, -0.05) is 0 Å². The van der Waals surface area contributed by atoms with Crippen LogP contribution in [-0.4, -0.2) is 16.3 Å². The summed E-state index contributed by atoms with van der Waals surface area (Å²) in [5.74, 6) is 0. The summed E-state index contributed by atoms with van der Waals surface area (Å²) in [6, 6.07) is 1.95. The van der Waals surface area contributed by atoms with Crippen LogP contribution in [0.15, 0.2) is 21.6 Å². The predicted molar refractivity (Wildman–Crippen MR) is 49.6 cm³/mol. The molecule has 1 N–H and O–H groups in total. The Morgan fingerprint density at radius 2 is 2.45 bits per heavy atom. The fourth-order valence-corrected chi connectivity index (χ4v) is 1.83. The van der Waals surface area contributed by atoms with Gasteiger partial charge in [-0.05, 0) is 28.3 Å². The van der Waals surface area contributed by atoms with Crippen molar-refractivity contribution in [2.75, 3.05) is 6.26 Å². The van der Waals surface area contributed by atoms with E-state index in [1.54, 1.807) is 18.0 Å². The summed E-state index contributed by atoms with van der Waals surface area (Å²) in [6.45, 7) is 0.00343. The molecule has 1 rings (SSSR count). The minimum Gasteiger partial charge on any atom is -0.390 e. The number of aromatic nitrogens is 1. The second-order valence-corrected chi connectivity index (χ2v) is 3.72. The Hall–Kier alpha value is -0.0600. The van der Waals surface area contributed by atoms with Crippen molar-refractivity contribution in [3.8, 4) is 0 Å². The number of halogens is 1. The molecule has 0 aliphatic rings. The largest absolute Gasteiger partial charge is 0.390 e. The highest BCUT2D eigenvalue weighted by Crippen LogP contribution is 2.22. The highest BCUT2D eigenvalue weighted by molar-refractivity contribution is 9.10. The van der Waals surface area contributed by atoms with Crippen LogP contribution >= 0.6 is 27.7 Å². The van der Waals surface area contributed by atoms with Gasteiger partial charge in [-0.3, -0.25) is 4.98 Å². The summed E-state index contributed by atoms with van der Waals surface area (Å²) in [6.07, 6.45) is 3.65. The maximum atomic E-state index is 8.85. The fourth-order valence-electron chi connectivity index (χ4n) is 0.744. The highest BCUT2D eigenvalue weighted by atomic mass is 79.9. The molecular weight excluding hydrogens is 226 g/mol. The van der Waals surface area contributed by atoms with Crippen molar-refractivity contribution in [3.63, 3.8) is 0 Å². The molecule has 1 heterocycles. The van der Waals surface area contributed by atoms with Crippen molar-refractivity contribution in [1.29, 1.82) is 0 Å². The summed E-state index contributed by atoms with van der Waals surface area (Å²) in [7, 11) is 0. The first-order valence-electron chi connectivity index (χ1n) is 3.07. The van der Waals surface area contributed by atoms with Crippen LogP contribution in [0.5, 0.6) is 0 Å². The average Bonchev–Trinajstić information content (AvgIpc) is 2.04. The molecule has 0 aliphatic carbocycles. The molecule has 0 fully saturated rings. The Labute approximate surface area is 78.2 Å². The van der Waals surface area contributed by atoms with Crippen LogP contribution in [0.2, 0.25) is 0 Å². The lowest BCUT2D eigenvalue weighted by molar-refractivity contribution is 0.273. The van der Waals surface area contributed by atoms with E-state index in [-0.39, 0.29) is 6.61 Å². The number of aliphatic hydroxyl groups is 1. The zero-order valence-electron chi connectivity index (χ0n) is 6.04. The second-order valence-electron chi connectivity index (χ2n) is 1.96. The molecule has 0 aromatic carbocycles. The molecule has 0 saturated heterocycles. The molecule has 1 aromatic rings. The lowest BCUT2D eigenvalue weighted by Crippen LogP contribution is -1.91. The number of rotatable bonds is 2. The van der Waals surface area contributed by atoms with Crippen molar-refractivity contribution in [3.05, 3.63) is 22.4 Å². The third-order valence-corrected chi connectivity index (χ3v) is 2.49. The van der Waals surface area contributed by atoms with E-state index in [2.05, 4.69) is 20.9 Å².